The molecule has 1 heterocycles. The first kappa shape index (κ1) is 13.1. The standard InChI is InChI=1S/C17H20N2O/c1-2-10-19-16-9-4-3-8-15(16)18-17(19)12-13-6-5-7-14(20)11-13/h3-4,8-9,11H,2,5-7,10,12H2,1H3. The predicted molar refractivity (Wildman–Crippen MR) is 80.7 cm³/mol. The Labute approximate surface area is 119 Å². The zero-order chi connectivity index (χ0) is 13.9. The maximum atomic E-state index is 11.5. The summed E-state index contributed by atoms with van der Waals surface area (Å²) in [6.07, 6.45) is 6.44. The number of nitrogens with zero attached hydrogens (tertiary/aromatic N) is 2. The van der Waals surface area contributed by atoms with Crippen molar-refractivity contribution in [2.24, 2.45) is 0 Å². The quantitative estimate of drug-likeness (QED) is 0.848. The molecule has 0 saturated carbocycles. The third kappa shape index (κ3) is 2.53. The highest BCUT2D eigenvalue weighted by Gasteiger charge is 2.15. The molecular weight excluding hydrogens is 248 g/mol. The number of benzene rings is 1. The van der Waals surface area contributed by atoms with Gasteiger partial charge in [-0.3, -0.25) is 4.79 Å². The molecule has 0 atom stereocenters. The molecule has 104 valence electrons. The fourth-order valence-corrected chi connectivity index (χ4v) is 2.94. The largest absolute Gasteiger partial charge is 0.328 e. The summed E-state index contributed by atoms with van der Waals surface area (Å²) in [7, 11) is 0. The topological polar surface area (TPSA) is 34.9 Å². The highest BCUT2D eigenvalue weighted by atomic mass is 16.1. The van der Waals surface area contributed by atoms with Crippen LogP contribution in [0.5, 0.6) is 0 Å². The molecule has 3 nitrogen and oxygen atoms in total. The minimum Gasteiger partial charge on any atom is -0.328 e. The Morgan fingerprint density at radius 1 is 1.25 bits per heavy atom. The van der Waals surface area contributed by atoms with E-state index >= 15 is 0 Å². The van der Waals surface area contributed by atoms with E-state index in [0.29, 0.717) is 6.42 Å². The maximum absolute atomic E-state index is 11.5. The Balaban J connectivity index is 1.98. The van der Waals surface area contributed by atoms with Gasteiger partial charge in [-0.1, -0.05) is 24.6 Å². The van der Waals surface area contributed by atoms with E-state index in [1.54, 1.807) is 0 Å². The minimum atomic E-state index is 0.268. The van der Waals surface area contributed by atoms with Crippen molar-refractivity contribution < 1.29 is 4.79 Å². The molecule has 0 amide bonds. The molecule has 1 aliphatic rings. The highest BCUT2D eigenvalue weighted by Crippen LogP contribution is 2.23. The number of ketones is 1. The van der Waals surface area contributed by atoms with Gasteiger partial charge in [0.15, 0.2) is 5.78 Å². The number of hydrogen-bond donors (Lipinski definition) is 0. The lowest BCUT2D eigenvalue weighted by molar-refractivity contribution is -0.115. The third-order valence-electron chi connectivity index (χ3n) is 3.85. The first-order valence-corrected chi connectivity index (χ1v) is 7.44. The molecule has 3 heteroatoms. The zero-order valence-corrected chi connectivity index (χ0v) is 11.9. The molecule has 0 unspecified atom stereocenters. The van der Waals surface area contributed by atoms with Crippen LogP contribution in [0.25, 0.3) is 11.0 Å². The molecular formula is C17H20N2O. The number of rotatable bonds is 4. The lowest BCUT2D eigenvalue weighted by atomic mass is 9.96. The number of aromatic nitrogens is 2. The van der Waals surface area contributed by atoms with Crippen LogP contribution < -0.4 is 0 Å². The number of hydrogen-bond acceptors (Lipinski definition) is 2. The van der Waals surface area contributed by atoms with Crippen molar-refractivity contribution in [1.82, 2.24) is 9.55 Å². The van der Waals surface area contributed by atoms with Crippen LogP contribution in [0.1, 0.15) is 38.4 Å². The summed E-state index contributed by atoms with van der Waals surface area (Å²) in [4.78, 5) is 16.3. The van der Waals surface area contributed by atoms with E-state index in [0.717, 1.165) is 43.6 Å². The van der Waals surface area contributed by atoms with Gasteiger partial charge in [0.2, 0.25) is 0 Å². The van der Waals surface area contributed by atoms with Gasteiger partial charge in [-0.15, -0.1) is 0 Å². The van der Waals surface area contributed by atoms with Crippen molar-refractivity contribution in [3.8, 4) is 0 Å². The van der Waals surface area contributed by atoms with Crippen molar-refractivity contribution in [2.75, 3.05) is 0 Å². The number of carbonyl (C=O) groups excluding carboxylic acids is 1. The summed E-state index contributed by atoms with van der Waals surface area (Å²) in [5.74, 6) is 1.36. The van der Waals surface area contributed by atoms with Crippen molar-refractivity contribution in [1.29, 1.82) is 0 Å². The van der Waals surface area contributed by atoms with Crippen LogP contribution in [0.2, 0.25) is 0 Å². The van der Waals surface area contributed by atoms with Crippen LogP contribution in [0.15, 0.2) is 35.9 Å². The van der Waals surface area contributed by atoms with Gasteiger partial charge in [-0.25, -0.2) is 4.98 Å². The molecule has 0 radical (unpaired) electrons. The number of carbonyl (C=O) groups is 1. The van der Waals surface area contributed by atoms with Crippen molar-refractivity contribution in [3.63, 3.8) is 0 Å². The minimum absolute atomic E-state index is 0.268. The van der Waals surface area contributed by atoms with Crippen LogP contribution >= 0.6 is 0 Å². The van der Waals surface area contributed by atoms with E-state index in [-0.39, 0.29) is 5.78 Å². The maximum Gasteiger partial charge on any atom is 0.155 e. The Morgan fingerprint density at radius 3 is 2.90 bits per heavy atom. The monoisotopic (exact) mass is 268 g/mol. The van der Waals surface area contributed by atoms with Crippen molar-refractivity contribution >= 4 is 16.8 Å². The van der Waals surface area contributed by atoms with Crippen molar-refractivity contribution in [3.05, 3.63) is 41.7 Å². The summed E-state index contributed by atoms with van der Waals surface area (Å²) < 4.78 is 2.30. The summed E-state index contributed by atoms with van der Waals surface area (Å²) in [5.41, 5.74) is 3.49. The van der Waals surface area contributed by atoms with Crippen molar-refractivity contribution in [2.45, 2.75) is 45.6 Å². The van der Waals surface area contributed by atoms with Gasteiger partial charge in [0.1, 0.15) is 5.82 Å². The SMILES string of the molecule is CCCn1c(CC2=CC(=O)CCC2)nc2ccccc21. The highest BCUT2D eigenvalue weighted by molar-refractivity contribution is 5.91. The van der Waals surface area contributed by atoms with Gasteiger partial charge in [0.25, 0.3) is 0 Å². The molecule has 3 rings (SSSR count). The average molecular weight is 268 g/mol. The number of para-hydroxylation sites is 2. The molecule has 0 fully saturated rings. The lowest BCUT2D eigenvalue weighted by Crippen LogP contribution is -2.09. The molecule has 0 spiro atoms. The van der Waals surface area contributed by atoms with Crippen LogP contribution in [0.3, 0.4) is 0 Å². The van der Waals surface area contributed by atoms with E-state index < -0.39 is 0 Å². The van der Waals surface area contributed by atoms with Gasteiger partial charge in [-0.2, -0.15) is 0 Å². The molecule has 20 heavy (non-hydrogen) atoms. The third-order valence-corrected chi connectivity index (χ3v) is 3.85. The number of imidazole rings is 1. The van der Waals surface area contributed by atoms with E-state index in [4.69, 9.17) is 4.98 Å². The van der Waals surface area contributed by atoms with Gasteiger partial charge in [-0.05, 0) is 37.5 Å². The number of allylic oxidation sites excluding steroid dienone is 2. The molecule has 0 bridgehead atoms. The van der Waals surface area contributed by atoms with Crippen LogP contribution in [-0.4, -0.2) is 15.3 Å². The Kier molecular flexibility index (Phi) is 3.68. The molecule has 1 aromatic heterocycles. The fourth-order valence-electron chi connectivity index (χ4n) is 2.94. The summed E-state index contributed by atoms with van der Waals surface area (Å²) >= 11 is 0. The van der Waals surface area contributed by atoms with Crippen LogP contribution in [0.4, 0.5) is 0 Å². The van der Waals surface area contributed by atoms with E-state index in [1.807, 2.05) is 12.1 Å². The first-order chi connectivity index (χ1) is 9.78. The van der Waals surface area contributed by atoms with Gasteiger partial charge in [0.05, 0.1) is 11.0 Å². The molecule has 0 N–H and O–H groups in total. The second-order valence-electron chi connectivity index (χ2n) is 5.47. The molecule has 1 aromatic carbocycles. The van der Waals surface area contributed by atoms with Crippen LogP contribution in [0, 0.1) is 0 Å². The Hall–Kier alpha value is -1.90. The van der Waals surface area contributed by atoms with Crippen LogP contribution in [-0.2, 0) is 17.8 Å². The Morgan fingerprint density at radius 2 is 2.10 bits per heavy atom. The normalized spacial score (nSPS) is 15.7. The molecule has 1 aliphatic carbocycles. The summed E-state index contributed by atoms with van der Waals surface area (Å²) in [5, 5.41) is 0. The van der Waals surface area contributed by atoms with E-state index in [2.05, 4.69) is 29.7 Å². The second kappa shape index (κ2) is 5.61. The van der Waals surface area contributed by atoms with E-state index in [1.165, 1.54) is 11.1 Å². The zero-order valence-electron chi connectivity index (χ0n) is 11.9. The second-order valence-corrected chi connectivity index (χ2v) is 5.47. The summed E-state index contributed by atoms with van der Waals surface area (Å²) in [6.45, 7) is 3.17. The fraction of sp³-hybridized carbons (Fsp3) is 0.412. The predicted octanol–water partition coefficient (Wildman–Crippen LogP) is 3.67. The number of aryl methyl sites for hydroxylation is 1. The molecule has 0 aliphatic heterocycles. The molecule has 2 aromatic rings. The van der Waals surface area contributed by atoms with Gasteiger partial charge < -0.3 is 4.57 Å². The van der Waals surface area contributed by atoms with Gasteiger partial charge in [0, 0.05) is 19.4 Å². The van der Waals surface area contributed by atoms with E-state index in [9.17, 15) is 4.79 Å². The lowest BCUT2D eigenvalue weighted by Gasteiger charge is -2.13. The van der Waals surface area contributed by atoms with Gasteiger partial charge >= 0.3 is 0 Å². The average Bonchev–Trinajstić information content (AvgIpc) is 2.77. The summed E-state index contributed by atoms with van der Waals surface area (Å²) in [6, 6.07) is 8.27. The first-order valence-electron chi connectivity index (χ1n) is 7.44. The smallest absolute Gasteiger partial charge is 0.155 e. The Bertz CT molecular complexity index is 667. The number of fused-ring (bicyclic) bond motifs is 1. The molecule has 0 saturated heterocycles.